The van der Waals surface area contributed by atoms with Gasteiger partial charge in [-0.2, -0.15) is 5.26 Å². The van der Waals surface area contributed by atoms with Gasteiger partial charge < -0.3 is 5.11 Å². The molecule has 1 fully saturated rings. The summed E-state index contributed by atoms with van der Waals surface area (Å²) in [5, 5.41) is 17.8. The summed E-state index contributed by atoms with van der Waals surface area (Å²) in [6.07, 6.45) is 3.64. The summed E-state index contributed by atoms with van der Waals surface area (Å²) in [5.74, 6) is -0.0267. The maximum absolute atomic E-state index is 12.1. The quantitative estimate of drug-likeness (QED) is 0.831. The van der Waals surface area contributed by atoms with Crippen LogP contribution in [0.2, 0.25) is 0 Å². The largest absolute Gasteiger partial charge is 0.396 e. The SMILES string of the molecule is N#Cc1ccc(S(=O)(=O)NC2CCCC2CO)cn1. The molecule has 1 aliphatic carbocycles. The summed E-state index contributed by atoms with van der Waals surface area (Å²) in [6, 6.07) is 4.33. The normalized spacial score (nSPS) is 23.2. The molecular weight excluding hydrogens is 266 g/mol. The molecule has 6 nitrogen and oxygen atoms in total. The number of aliphatic hydroxyl groups excluding tert-OH is 1. The molecular formula is C12H15N3O3S. The second kappa shape index (κ2) is 5.65. The van der Waals surface area contributed by atoms with Gasteiger partial charge in [-0.15, -0.1) is 0 Å². The Bertz CT molecular complexity index is 577. The lowest BCUT2D eigenvalue weighted by Crippen LogP contribution is -2.38. The van der Waals surface area contributed by atoms with Crippen LogP contribution >= 0.6 is 0 Å². The third-order valence-electron chi connectivity index (χ3n) is 3.36. The average molecular weight is 281 g/mol. The van der Waals surface area contributed by atoms with E-state index in [1.807, 2.05) is 6.07 Å². The van der Waals surface area contributed by atoms with Crippen molar-refractivity contribution in [2.75, 3.05) is 6.61 Å². The minimum absolute atomic E-state index is 0.0151. The van der Waals surface area contributed by atoms with Crippen LogP contribution in [0.25, 0.3) is 0 Å². The lowest BCUT2D eigenvalue weighted by molar-refractivity contribution is 0.213. The summed E-state index contributed by atoms with van der Waals surface area (Å²) in [6.45, 7) is -0.0151. The zero-order chi connectivity index (χ0) is 13.9. The van der Waals surface area contributed by atoms with Crippen LogP contribution in [0.3, 0.4) is 0 Å². The zero-order valence-electron chi connectivity index (χ0n) is 10.3. The predicted molar refractivity (Wildman–Crippen MR) is 67.5 cm³/mol. The molecule has 2 rings (SSSR count). The van der Waals surface area contributed by atoms with E-state index in [4.69, 9.17) is 5.26 Å². The Balaban J connectivity index is 2.15. The molecule has 0 amide bonds. The van der Waals surface area contributed by atoms with Crippen LogP contribution in [0.5, 0.6) is 0 Å². The van der Waals surface area contributed by atoms with Gasteiger partial charge in [0.2, 0.25) is 10.0 Å². The number of nitrogens with zero attached hydrogens (tertiary/aromatic N) is 2. The van der Waals surface area contributed by atoms with Gasteiger partial charge in [0.25, 0.3) is 0 Å². The van der Waals surface area contributed by atoms with Gasteiger partial charge in [0.15, 0.2) is 0 Å². The molecule has 0 saturated heterocycles. The van der Waals surface area contributed by atoms with Crippen molar-refractivity contribution >= 4 is 10.0 Å². The molecule has 2 atom stereocenters. The van der Waals surface area contributed by atoms with Crippen LogP contribution < -0.4 is 4.72 Å². The number of sulfonamides is 1. The minimum atomic E-state index is -3.64. The first-order valence-corrected chi connectivity index (χ1v) is 7.54. The summed E-state index contributed by atoms with van der Waals surface area (Å²) < 4.78 is 26.9. The third kappa shape index (κ3) is 3.10. The van der Waals surface area contributed by atoms with E-state index in [1.54, 1.807) is 0 Å². The van der Waals surface area contributed by atoms with E-state index in [9.17, 15) is 13.5 Å². The van der Waals surface area contributed by atoms with Crippen molar-refractivity contribution in [3.05, 3.63) is 24.0 Å². The Kier molecular flexibility index (Phi) is 4.14. The Hall–Kier alpha value is -1.49. The Morgan fingerprint density at radius 2 is 2.26 bits per heavy atom. The molecule has 1 heterocycles. The Morgan fingerprint density at radius 1 is 1.47 bits per heavy atom. The molecule has 1 aromatic rings. The first-order valence-electron chi connectivity index (χ1n) is 6.06. The molecule has 1 aliphatic rings. The summed E-state index contributed by atoms with van der Waals surface area (Å²) in [7, 11) is -3.64. The van der Waals surface area contributed by atoms with Crippen LogP contribution in [0, 0.1) is 17.2 Å². The molecule has 19 heavy (non-hydrogen) atoms. The average Bonchev–Trinajstić information content (AvgIpc) is 2.85. The molecule has 1 saturated carbocycles. The van der Waals surface area contributed by atoms with Crippen LogP contribution in [0.4, 0.5) is 0 Å². The molecule has 0 bridgehead atoms. The maximum atomic E-state index is 12.1. The number of pyridine rings is 1. The second-order valence-corrected chi connectivity index (χ2v) is 6.31. The van der Waals surface area contributed by atoms with E-state index < -0.39 is 10.0 Å². The van der Waals surface area contributed by atoms with Gasteiger partial charge in [-0.3, -0.25) is 0 Å². The van der Waals surface area contributed by atoms with E-state index in [0.717, 1.165) is 19.3 Å². The van der Waals surface area contributed by atoms with Crippen molar-refractivity contribution in [1.82, 2.24) is 9.71 Å². The highest BCUT2D eigenvalue weighted by atomic mass is 32.2. The highest BCUT2D eigenvalue weighted by molar-refractivity contribution is 7.89. The maximum Gasteiger partial charge on any atom is 0.242 e. The smallest absolute Gasteiger partial charge is 0.242 e. The number of nitrogens with one attached hydrogen (secondary N) is 1. The van der Waals surface area contributed by atoms with Crippen molar-refractivity contribution in [2.24, 2.45) is 5.92 Å². The second-order valence-electron chi connectivity index (χ2n) is 4.59. The highest BCUT2D eigenvalue weighted by Gasteiger charge is 2.30. The van der Waals surface area contributed by atoms with Gasteiger partial charge in [0, 0.05) is 18.8 Å². The summed E-state index contributed by atoms with van der Waals surface area (Å²) in [4.78, 5) is 3.78. The van der Waals surface area contributed by atoms with Crippen LogP contribution in [0.1, 0.15) is 25.0 Å². The Labute approximate surface area is 112 Å². The van der Waals surface area contributed by atoms with Crippen LogP contribution in [-0.2, 0) is 10.0 Å². The van der Waals surface area contributed by atoms with Gasteiger partial charge in [-0.1, -0.05) is 6.42 Å². The monoisotopic (exact) mass is 281 g/mol. The van der Waals surface area contributed by atoms with E-state index in [0.29, 0.717) is 0 Å². The standard InChI is InChI=1S/C12H15N3O3S/c13-6-10-4-5-11(7-14-10)19(17,18)15-12-3-1-2-9(12)8-16/h4-5,7,9,12,15-16H,1-3,8H2. The number of nitriles is 1. The van der Waals surface area contributed by atoms with E-state index in [2.05, 4.69) is 9.71 Å². The van der Waals surface area contributed by atoms with Gasteiger partial charge >= 0.3 is 0 Å². The first-order chi connectivity index (χ1) is 9.06. The minimum Gasteiger partial charge on any atom is -0.396 e. The fourth-order valence-electron chi connectivity index (χ4n) is 2.28. The van der Waals surface area contributed by atoms with Crippen LogP contribution in [-0.4, -0.2) is 31.2 Å². The number of aliphatic hydroxyl groups is 1. The van der Waals surface area contributed by atoms with E-state index in [1.165, 1.54) is 18.3 Å². The number of aromatic nitrogens is 1. The molecule has 0 aliphatic heterocycles. The third-order valence-corrected chi connectivity index (χ3v) is 4.84. The van der Waals surface area contributed by atoms with Crippen molar-refractivity contribution < 1.29 is 13.5 Å². The molecule has 2 N–H and O–H groups in total. The van der Waals surface area contributed by atoms with Crippen molar-refractivity contribution in [3.8, 4) is 6.07 Å². The van der Waals surface area contributed by atoms with Crippen molar-refractivity contribution in [1.29, 1.82) is 5.26 Å². The molecule has 102 valence electrons. The van der Waals surface area contributed by atoms with Crippen molar-refractivity contribution in [2.45, 2.75) is 30.2 Å². The van der Waals surface area contributed by atoms with Gasteiger partial charge in [0.1, 0.15) is 16.7 Å². The number of rotatable bonds is 4. The summed E-state index contributed by atoms with van der Waals surface area (Å²) >= 11 is 0. The van der Waals surface area contributed by atoms with E-state index >= 15 is 0 Å². The molecule has 0 aromatic carbocycles. The molecule has 2 unspecified atom stereocenters. The van der Waals surface area contributed by atoms with Gasteiger partial charge in [-0.05, 0) is 30.9 Å². The highest BCUT2D eigenvalue weighted by Crippen LogP contribution is 2.26. The summed E-state index contributed by atoms with van der Waals surface area (Å²) in [5.41, 5.74) is 0.174. The fourth-order valence-corrected chi connectivity index (χ4v) is 3.57. The van der Waals surface area contributed by atoms with Gasteiger partial charge in [-0.25, -0.2) is 18.1 Å². The lowest BCUT2D eigenvalue weighted by atomic mass is 10.1. The van der Waals surface area contributed by atoms with E-state index in [-0.39, 0.29) is 29.2 Å². The topological polar surface area (TPSA) is 103 Å². The first kappa shape index (κ1) is 13.9. The zero-order valence-corrected chi connectivity index (χ0v) is 11.1. The molecule has 7 heteroatoms. The fraction of sp³-hybridized carbons (Fsp3) is 0.500. The number of hydrogen-bond acceptors (Lipinski definition) is 5. The van der Waals surface area contributed by atoms with Gasteiger partial charge in [0.05, 0.1) is 0 Å². The molecule has 1 aromatic heterocycles. The molecule has 0 spiro atoms. The van der Waals surface area contributed by atoms with Crippen molar-refractivity contribution in [3.63, 3.8) is 0 Å². The number of hydrogen-bond donors (Lipinski definition) is 2. The van der Waals surface area contributed by atoms with Crippen LogP contribution in [0.15, 0.2) is 23.2 Å². The Morgan fingerprint density at radius 3 is 2.84 bits per heavy atom. The molecule has 0 radical (unpaired) electrons. The lowest BCUT2D eigenvalue weighted by Gasteiger charge is -2.18. The predicted octanol–water partition coefficient (Wildman–Crippen LogP) is 0.393.